The van der Waals surface area contributed by atoms with Crippen molar-refractivity contribution < 1.29 is 13.2 Å². The van der Waals surface area contributed by atoms with E-state index in [0.717, 1.165) is 19.4 Å². The molecule has 2 aliphatic rings. The molecule has 2 fully saturated rings. The quantitative estimate of drug-likeness (QED) is 0.772. The van der Waals surface area contributed by atoms with Crippen molar-refractivity contribution in [2.45, 2.75) is 37.1 Å². The first kappa shape index (κ1) is 15.1. The van der Waals surface area contributed by atoms with Gasteiger partial charge in [-0.2, -0.15) is 0 Å². The number of hydrogen-bond acceptors (Lipinski definition) is 3. The Balaban J connectivity index is 2.03. The highest BCUT2D eigenvalue weighted by molar-refractivity contribution is 8.13. The van der Waals surface area contributed by atoms with Gasteiger partial charge in [0.05, 0.1) is 4.90 Å². The molecule has 7 heteroatoms. The lowest BCUT2D eigenvalue weighted by atomic mass is 10.1. The monoisotopic (exact) mass is 347 g/mol. The van der Waals surface area contributed by atoms with E-state index in [1.54, 1.807) is 6.92 Å². The second kappa shape index (κ2) is 5.14. The van der Waals surface area contributed by atoms with Gasteiger partial charge >= 0.3 is 0 Å². The summed E-state index contributed by atoms with van der Waals surface area (Å²) in [7, 11) is 1.50. The molecule has 0 radical (unpaired) electrons. The molecule has 1 aliphatic heterocycles. The Morgan fingerprint density at radius 2 is 2.05 bits per heavy atom. The zero-order valence-corrected chi connectivity index (χ0v) is 13.8. The minimum Gasteiger partial charge on any atom is -0.335 e. The van der Waals surface area contributed by atoms with E-state index in [4.69, 9.17) is 22.3 Å². The number of amides is 1. The molecule has 4 nitrogen and oxygen atoms in total. The number of benzene rings is 1. The molecule has 2 unspecified atom stereocenters. The maximum atomic E-state index is 12.7. The lowest BCUT2D eigenvalue weighted by Gasteiger charge is -2.28. The minimum atomic E-state index is -3.93. The molecule has 0 N–H and O–H groups in total. The smallest absolute Gasteiger partial charge is 0.261 e. The standard InChI is InChI=1S/C14H15Cl2NO3S/c1-8-12(5-10(15)6-13(8)21(16,19)20)14(18)17-7-9-2-3-11(17)4-9/h5-6,9,11H,2-4,7H2,1H3. The first-order chi connectivity index (χ1) is 9.77. The number of rotatable bonds is 2. The summed E-state index contributed by atoms with van der Waals surface area (Å²) in [6.07, 6.45) is 3.24. The molecule has 1 aromatic carbocycles. The Labute approximate surface area is 133 Å². The predicted molar refractivity (Wildman–Crippen MR) is 81.4 cm³/mol. The predicted octanol–water partition coefficient (Wildman–Crippen LogP) is 3.20. The summed E-state index contributed by atoms with van der Waals surface area (Å²) in [5, 5.41) is 0.201. The lowest BCUT2D eigenvalue weighted by Crippen LogP contribution is -2.38. The summed E-state index contributed by atoms with van der Waals surface area (Å²) in [5.74, 6) is 0.429. The van der Waals surface area contributed by atoms with E-state index in [0.29, 0.717) is 17.0 Å². The van der Waals surface area contributed by atoms with Crippen LogP contribution in [0.2, 0.25) is 5.02 Å². The zero-order valence-electron chi connectivity index (χ0n) is 11.5. The molecular formula is C14H15Cl2NO3S. The van der Waals surface area contributed by atoms with E-state index in [-0.39, 0.29) is 21.9 Å². The van der Waals surface area contributed by atoms with Gasteiger partial charge in [-0.15, -0.1) is 0 Å². The minimum absolute atomic E-state index is 0.0932. The number of carbonyl (C=O) groups is 1. The summed E-state index contributed by atoms with van der Waals surface area (Å²) in [6, 6.07) is 3.08. The summed E-state index contributed by atoms with van der Waals surface area (Å²) >= 11 is 5.96. The number of halogens is 2. The Morgan fingerprint density at radius 1 is 1.33 bits per heavy atom. The van der Waals surface area contributed by atoms with Crippen LogP contribution in [-0.4, -0.2) is 31.8 Å². The fraction of sp³-hybridized carbons (Fsp3) is 0.500. The highest BCUT2D eigenvalue weighted by atomic mass is 35.7. The molecule has 1 aromatic rings. The number of carbonyl (C=O) groups excluding carboxylic acids is 1. The van der Waals surface area contributed by atoms with Crippen LogP contribution in [0.25, 0.3) is 0 Å². The van der Waals surface area contributed by atoms with Crippen molar-refractivity contribution in [3.05, 3.63) is 28.3 Å². The van der Waals surface area contributed by atoms with Crippen molar-refractivity contribution in [1.82, 2.24) is 4.90 Å². The molecule has 0 spiro atoms. The normalized spacial score (nSPS) is 24.6. The van der Waals surface area contributed by atoms with Gasteiger partial charge in [0, 0.05) is 33.9 Å². The van der Waals surface area contributed by atoms with Crippen molar-refractivity contribution in [2.75, 3.05) is 6.54 Å². The number of fused-ring (bicyclic) bond motifs is 2. The fourth-order valence-electron chi connectivity index (χ4n) is 3.46. The molecule has 1 saturated heterocycles. The molecule has 0 aromatic heterocycles. The van der Waals surface area contributed by atoms with Gasteiger partial charge in [0.25, 0.3) is 15.0 Å². The summed E-state index contributed by atoms with van der Waals surface area (Å²) in [4.78, 5) is 14.5. The van der Waals surface area contributed by atoms with Crippen LogP contribution in [0.4, 0.5) is 0 Å². The highest BCUT2D eigenvalue weighted by Crippen LogP contribution is 2.39. The first-order valence-electron chi connectivity index (χ1n) is 6.83. The van der Waals surface area contributed by atoms with Gasteiger partial charge in [-0.05, 0) is 49.8 Å². The van der Waals surface area contributed by atoms with Gasteiger partial charge < -0.3 is 4.90 Å². The topological polar surface area (TPSA) is 54.5 Å². The summed E-state index contributed by atoms with van der Waals surface area (Å²) in [5.41, 5.74) is 0.691. The van der Waals surface area contributed by atoms with E-state index in [1.807, 2.05) is 4.90 Å². The van der Waals surface area contributed by atoms with Gasteiger partial charge in [0.15, 0.2) is 0 Å². The second-order valence-corrected chi connectivity index (χ2v) is 8.78. The SMILES string of the molecule is Cc1c(C(=O)N2CC3CCC2C3)cc(Cl)cc1S(=O)(=O)Cl. The Morgan fingerprint density at radius 3 is 2.57 bits per heavy atom. The number of nitrogens with zero attached hydrogens (tertiary/aromatic N) is 1. The van der Waals surface area contributed by atoms with Crippen molar-refractivity contribution >= 4 is 37.2 Å². The van der Waals surface area contributed by atoms with E-state index in [9.17, 15) is 13.2 Å². The molecular weight excluding hydrogens is 333 g/mol. The van der Waals surface area contributed by atoms with Crippen LogP contribution < -0.4 is 0 Å². The van der Waals surface area contributed by atoms with E-state index in [2.05, 4.69) is 0 Å². The average molecular weight is 348 g/mol. The molecule has 2 bridgehead atoms. The maximum absolute atomic E-state index is 12.7. The average Bonchev–Trinajstić information content (AvgIpc) is 3.01. The molecule has 1 aliphatic carbocycles. The number of piperidine rings is 1. The third-order valence-electron chi connectivity index (χ3n) is 4.49. The fourth-order valence-corrected chi connectivity index (χ4v) is 4.96. The zero-order chi connectivity index (χ0) is 15.4. The van der Waals surface area contributed by atoms with Crippen molar-refractivity contribution in [3.63, 3.8) is 0 Å². The van der Waals surface area contributed by atoms with Crippen LogP contribution >= 0.6 is 22.3 Å². The third-order valence-corrected chi connectivity index (χ3v) is 6.15. The molecule has 1 heterocycles. The largest absolute Gasteiger partial charge is 0.335 e. The molecule has 1 amide bonds. The number of likely N-dealkylation sites (tertiary alicyclic amines) is 1. The van der Waals surface area contributed by atoms with Crippen LogP contribution in [-0.2, 0) is 9.05 Å². The lowest BCUT2D eigenvalue weighted by molar-refractivity contribution is 0.0702. The van der Waals surface area contributed by atoms with Crippen LogP contribution in [0.1, 0.15) is 35.2 Å². The van der Waals surface area contributed by atoms with Gasteiger partial charge in [0.2, 0.25) is 0 Å². The van der Waals surface area contributed by atoms with Crippen molar-refractivity contribution in [2.24, 2.45) is 5.92 Å². The van der Waals surface area contributed by atoms with E-state index >= 15 is 0 Å². The molecule has 3 rings (SSSR count). The third kappa shape index (κ3) is 2.67. The van der Waals surface area contributed by atoms with Crippen LogP contribution in [0.15, 0.2) is 17.0 Å². The molecule has 114 valence electrons. The van der Waals surface area contributed by atoms with Gasteiger partial charge in [-0.3, -0.25) is 4.79 Å². The Hall–Kier alpha value is -0.780. The van der Waals surface area contributed by atoms with Crippen LogP contribution in [0.3, 0.4) is 0 Å². The van der Waals surface area contributed by atoms with Gasteiger partial charge in [-0.1, -0.05) is 11.6 Å². The van der Waals surface area contributed by atoms with Gasteiger partial charge in [0.1, 0.15) is 0 Å². The Kier molecular flexibility index (Phi) is 3.71. The summed E-state index contributed by atoms with van der Waals surface area (Å²) in [6.45, 7) is 2.34. The Bertz CT molecular complexity index is 717. The summed E-state index contributed by atoms with van der Waals surface area (Å²) < 4.78 is 23.2. The van der Waals surface area contributed by atoms with E-state index in [1.165, 1.54) is 18.6 Å². The van der Waals surface area contributed by atoms with Crippen LogP contribution in [0, 0.1) is 12.8 Å². The molecule has 2 atom stereocenters. The molecule has 1 saturated carbocycles. The van der Waals surface area contributed by atoms with Crippen LogP contribution in [0.5, 0.6) is 0 Å². The highest BCUT2D eigenvalue weighted by Gasteiger charge is 2.41. The second-order valence-electron chi connectivity index (χ2n) is 5.80. The van der Waals surface area contributed by atoms with Gasteiger partial charge in [-0.25, -0.2) is 8.42 Å². The molecule has 21 heavy (non-hydrogen) atoms. The van der Waals surface area contributed by atoms with Crippen molar-refractivity contribution in [1.29, 1.82) is 0 Å². The van der Waals surface area contributed by atoms with Crippen molar-refractivity contribution in [3.8, 4) is 0 Å². The number of hydrogen-bond donors (Lipinski definition) is 0. The van der Waals surface area contributed by atoms with E-state index < -0.39 is 9.05 Å². The first-order valence-corrected chi connectivity index (χ1v) is 9.52. The maximum Gasteiger partial charge on any atom is 0.261 e.